The third-order valence-corrected chi connectivity index (χ3v) is 3.23. The van der Waals surface area contributed by atoms with E-state index in [4.69, 9.17) is 4.74 Å². The first-order valence-corrected chi connectivity index (χ1v) is 8.53. The molecule has 1 aromatic rings. The third-order valence-electron chi connectivity index (χ3n) is 3.23. The number of nitrogens with zero attached hydrogens (tertiary/aromatic N) is 1. The van der Waals surface area contributed by atoms with Gasteiger partial charge in [0.1, 0.15) is 5.75 Å². The van der Waals surface area contributed by atoms with E-state index in [-0.39, 0.29) is 30.1 Å². The molecule has 0 aromatic heterocycles. The predicted octanol–water partition coefficient (Wildman–Crippen LogP) is 3.48. The Kier molecular flexibility index (Phi) is 12.7. The fourth-order valence-electron chi connectivity index (χ4n) is 2.05. The van der Waals surface area contributed by atoms with Crippen molar-refractivity contribution in [3.05, 3.63) is 29.8 Å². The number of aliphatic hydroxyl groups is 1. The van der Waals surface area contributed by atoms with Gasteiger partial charge in [-0.2, -0.15) is 0 Å². The Balaban J connectivity index is 0.00000529. The van der Waals surface area contributed by atoms with Crippen molar-refractivity contribution in [1.82, 2.24) is 10.6 Å². The molecule has 138 valence electrons. The van der Waals surface area contributed by atoms with Gasteiger partial charge in [0.25, 0.3) is 0 Å². The lowest BCUT2D eigenvalue weighted by atomic mass is 10.1. The fraction of sp³-hybridized carbons (Fsp3) is 0.611. The number of hydrogen-bond acceptors (Lipinski definition) is 3. The number of benzene rings is 1. The summed E-state index contributed by atoms with van der Waals surface area (Å²) >= 11 is 0. The van der Waals surface area contributed by atoms with E-state index in [1.165, 1.54) is 0 Å². The van der Waals surface area contributed by atoms with Gasteiger partial charge in [0.2, 0.25) is 0 Å². The number of nitrogens with one attached hydrogen (secondary N) is 2. The van der Waals surface area contributed by atoms with Gasteiger partial charge >= 0.3 is 0 Å². The van der Waals surface area contributed by atoms with E-state index in [1.807, 2.05) is 45.0 Å². The van der Waals surface area contributed by atoms with Gasteiger partial charge in [0, 0.05) is 13.1 Å². The van der Waals surface area contributed by atoms with Gasteiger partial charge in [0.15, 0.2) is 5.96 Å². The molecule has 0 saturated heterocycles. The molecule has 0 fully saturated rings. The summed E-state index contributed by atoms with van der Waals surface area (Å²) in [5, 5.41) is 16.7. The highest BCUT2D eigenvalue weighted by molar-refractivity contribution is 14.0. The van der Waals surface area contributed by atoms with Crippen LogP contribution in [-0.2, 0) is 0 Å². The molecule has 0 aliphatic carbocycles. The van der Waals surface area contributed by atoms with Crippen LogP contribution in [0.2, 0.25) is 0 Å². The Morgan fingerprint density at radius 2 is 1.83 bits per heavy atom. The van der Waals surface area contributed by atoms with E-state index in [0.29, 0.717) is 6.54 Å². The molecule has 1 aromatic carbocycles. The zero-order valence-electron chi connectivity index (χ0n) is 15.2. The lowest BCUT2D eigenvalue weighted by Gasteiger charge is -2.14. The van der Waals surface area contributed by atoms with Crippen LogP contribution in [0, 0.1) is 0 Å². The quantitative estimate of drug-likeness (QED) is 0.234. The largest absolute Gasteiger partial charge is 0.491 e. The van der Waals surface area contributed by atoms with Crippen molar-refractivity contribution in [3.8, 4) is 5.75 Å². The Morgan fingerprint density at radius 1 is 1.17 bits per heavy atom. The minimum absolute atomic E-state index is 0. The van der Waals surface area contributed by atoms with Crippen molar-refractivity contribution in [2.24, 2.45) is 4.99 Å². The van der Waals surface area contributed by atoms with Crippen molar-refractivity contribution in [1.29, 1.82) is 0 Å². The Hall–Kier alpha value is -1.02. The highest BCUT2D eigenvalue weighted by atomic mass is 127. The maximum Gasteiger partial charge on any atom is 0.191 e. The SMILES string of the molecule is CCCCNC(=NCC(O)c1ccc(OC(C)C)cc1)NCC.I. The summed E-state index contributed by atoms with van der Waals surface area (Å²) in [7, 11) is 0. The van der Waals surface area contributed by atoms with E-state index in [9.17, 15) is 5.11 Å². The second-order valence-corrected chi connectivity index (χ2v) is 5.75. The minimum atomic E-state index is -0.621. The van der Waals surface area contributed by atoms with Crippen LogP contribution >= 0.6 is 24.0 Å². The summed E-state index contributed by atoms with van der Waals surface area (Å²) in [6.07, 6.45) is 1.77. The Bertz CT molecular complexity index is 464. The molecule has 6 heteroatoms. The van der Waals surface area contributed by atoms with E-state index in [1.54, 1.807) is 0 Å². The maximum atomic E-state index is 10.3. The first-order valence-electron chi connectivity index (χ1n) is 8.53. The zero-order valence-corrected chi connectivity index (χ0v) is 17.5. The van der Waals surface area contributed by atoms with Crippen LogP contribution in [0.15, 0.2) is 29.3 Å². The van der Waals surface area contributed by atoms with Crippen LogP contribution in [0.25, 0.3) is 0 Å². The topological polar surface area (TPSA) is 65.9 Å². The summed E-state index contributed by atoms with van der Waals surface area (Å²) in [5.41, 5.74) is 0.842. The van der Waals surface area contributed by atoms with Crippen LogP contribution in [0.3, 0.4) is 0 Å². The highest BCUT2D eigenvalue weighted by Gasteiger charge is 2.08. The molecule has 0 spiro atoms. The molecule has 0 aliphatic heterocycles. The standard InChI is InChI=1S/C18H31N3O2.HI/c1-5-7-12-20-18(19-6-2)21-13-17(22)15-8-10-16(11-9-15)23-14(3)4;/h8-11,14,17,22H,5-7,12-13H2,1-4H3,(H2,19,20,21);1H. The number of aliphatic hydroxyl groups excluding tert-OH is 1. The van der Waals surface area contributed by atoms with Crippen LogP contribution in [0.4, 0.5) is 0 Å². The number of guanidine groups is 1. The molecule has 1 unspecified atom stereocenters. The van der Waals surface area contributed by atoms with E-state index in [2.05, 4.69) is 22.5 Å². The Labute approximate surface area is 163 Å². The summed E-state index contributed by atoms with van der Waals surface area (Å²) < 4.78 is 5.60. The van der Waals surface area contributed by atoms with Gasteiger partial charge in [-0.3, -0.25) is 4.99 Å². The summed E-state index contributed by atoms with van der Waals surface area (Å²) in [4.78, 5) is 4.45. The molecular weight excluding hydrogens is 417 g/mol. The second-order valence-electron chi connectivity index (χ2n) is 5.75. The number of rotatable bonds is 9. The summed E-state index contributed by atoms with van der Waals surface area (Å²) in [6.45, 7) is 10.2. The molecule has 3 N–H and O–H groups in total. The first-order chi connectivity index (χ1) is 11.1. The highest BCUT2D eigenvalue weighted by Crippen LogP contribution is 2.19. The second kappa shape index (κ2) is 13.3. The van der Waals surface area contributed by atoms with Crippen molar-refractivity contribution in [2.75, 3.05) is 19.6 Å². The van der Waals surface area contributed by atoms with Crippen molar-refractivity contribution < 1.29 is 9.84 Å². The average molecular weight is 449 g/mol. The zero-order chi connectivity index (χ0) is 17.1. The number of aliphatic imine (C=N–C) groups is 1. The van der Waals surface area contributed by atoms with E-state index in [0.717, 1.165) is 43.2 Å². The number of halogens is 1. The minimum Gasteiger partial charge on any atom is -0.491 e. The number of ether oxygens (including phenoxy) is 1. The van der Waals surface area contributed by atoms with Gasteiger partial charge in [-0.25, -0.2) is 0 Å². The van der Waals surface area contributed by atoms with Crippen LogP contribution in [0.5, 0.6) is 5.75 Å². The monoisotopic (exact) mass is 449 g/mol. The van der Waals surface area contributed by atoms with Crippen LogP contribution in [0.1, 0.15) is 52.2 Å². The van der Waals surface area contributed by atoms with Gasteiger partial charge in [-0.05, 0) is 44.9 Å². The van der Waals surface area contributed by atoms with Gasteiger partial charge < -0.3 is 20.5 Å². The molecule has 1 atom stereocenters. The van der Waals surface area contributed by atoms with E-state index < -0.39 is 6.10 Å². The molecule has 0 heterocycles. The molecule has 0 bridgehead atoms. The van der Waals surface area contributed by atoms with Gasteiger partial charge in [-0.1, -0.05) is 25.5 Å². The molecule has 0 aliphatic rings. The lowest BCUT2D eigenvalue weighted by molar-refractivity contribution is 0.186. The van der Waals surface area contributed by atoms with Crippen molar-refractivity contribution >= 4 is 29.9 Å². The molecule has 0 saturated carbocycles. The van der Waals surface area contributed by atoms with Crippen LogP contribution < -0.4 is 15.4 Å². The molecule has 24 heavy (non-hydrogen) atoms. The summed E-state index contributed by atoms with van der Waals surface area (Å²) in [6, 6.07) is 7.53. The number of unbranched alkanes of at least 4 members (excludes halogenated alkanes) is 1. The molecule has 1 rings (SSSR count). The Morgan fingerprint density at radius 3 is 2.38 bits per heavy atom. The number of hydrogen-bond donors (Lipinski definition) is 3. The normalized spacial score (nSPS) is 12.5. The van der Waals surface area contributed by atoms with Gasteiger partial charge in [0.05, 0.1) is 18.8 Å². The van der Waals surface area contributed by atoms with Crippen LogP contribution in [-0.4, -0.2) is 36.8 Å². The molecular formula is C18H32IN3O2. The fourth-order valence-corrected chi connectivity index (χ4v) is 2.05. The predicted molar refractivity (Wildman–Crippen MR) is 111 cm³/mol. The van der Waals surface area contributed by atoms with Crippen molar-refractivity contribution in [2.45, 2.75) is 52.7 Å². The van der Waals surface area contributed by atoms with E-state index >= 15 is 0 Å². The summed E-state index contributed by atoms with van der Waals surface area (Å²) in [5.74, 6) is 1.56. The van der Waals surface area contributed by atoms with Crippen molar-refractivity contribution in [3.63, 3.8) is 0 Å². The average Bonchev–Trinajstić information content (AvgIpc) is 2.52. The maximum absolute atomic E-state index is 10.3. The molecule has 0 radical (unpaired) electrons. The lowest BCUT2D eigenvalue weighted by Crippen LogP contribution is -2.38. The third kappa shape index (κ3) is 9.32. The molecule has 5 nitrogen and oxygen atoms in total. The smallest absolute Gasteiger partial charge is 0.191 e. The first kappa shape index (κ1) is 23.0. The van der Waals surface area contributed by atoms with Gasteiger partial charge in [-0.15, -0.1) is 24.0 Å². The molecule has 0 amide bonds.